The first-order chi connectivity index (χ1) is 5.70. The van der Waals surface area contributed by atoms with Crippen LogP contribution in [0.15, 0.2) is 4.99 Å². The van der Waals surface area contributed by atoms with Crippen LogP contribution >= 0.6 is 0 Å². The van der Waals surface area contributed by atoms with Gasteiger partial charge in [-0.05, 0) is 0 Å². The quantitative estimate of drug-likeness (QED) is 0.278. The molecule has 3 N–H and O–H groups in total. The van der Waals surface area contributed by atoms with E-state index in [1.807, 2.05) is 0 Å². The van der Waals surface area contributed by atoms with Crippen LogP contribution < -0.4 is 11.2 Å². The molecule has 0 amide bonds. The van der Waals surface area contributed by atoms with E-state index < -0.39 is 21.6 Å². The Hall–Kier alpha value is -1.03. The summed E-state index contributed by atoms with van der Waals surface area (Å²) in [5, 5.41) is 0. The molecule has 0 aromatic carbocycles. The van der Waals surface area contributed by atoms with Crippen molar-refractivity contribution in [1.29, 1.82) is 0 Å². The number of nitrogens with one attached hydrogen (secondary N) is 1. The van der Waals surface area contributed by atoms with Gasteiger partial charge in [0.15, 0.2) is 0 Å². The van der Waals surface area contributed by atoms with E-state index in [2.05, 4.69) is 9.28 Å². The number of halogens is 3. The molecule has 6 nitrogen and oxygen atoms in total. The van der Waals surface area contributed by atoms with Gasteiger partial charge in [0.25, 0.3) is 0 Å². The SMILES string of the molecule is CN=C(N)NOS(=O)(=O)C(F)(F)F. The molecule has 0 spiro atoms. The molecule has 0 aromatic rings. The summed E-state index contributed by atoms with van der Waals surface area (Å²) in [6, 6.07) is 0. The minimum Gasteiger partial charge on any atom is -0.368 e. The molecule has 0 saturated carbocycles. The van der Waals surface area contributed by atoms with Gasteiger partial charge in [0.2, 0.25) is 5.96 Å². The first-order valence-corrected chi connectivity index (χ1v) is 4.09. The minimum atomic E-state index is -5.67. The molecule has 0 saturated heterocycles. The molecule has 0 heterocycles. The lowest BCUT2D eigenvalue weighted by atomic mass is 11.0. The van der Waals surface area contributed by atoms with Gasteiger partial charge in [-0.2, -0.15) is 21.6 Å². The Morgan fingerprint density at radius 3 is 2.31 bits per heavy atom. The second kappa shape index (κ2) is 3.79. The molecule has 0 aromatic heterocycles. The summed E-state index contributed by atoms with van der Waals surface area (Å²) >= 11 is 0. The van der Waals surface area contributed by atoms with E-state index in [0.29, 0.717) is 0 Å². The van der Waals surface area contributed by atoms with Crippen LogP contribution in [0.1, 0.15) is 0 Å². The third-order valence-corrected chi connectivity index (χ3v) is 1.65. The van der Waals surface area contributed by atoms with Crippen molar-refractivity contribution in [3.63, 3.8) is 0 Å². The number of hydrogen-bond acceptors (Lipinski definition) is 4. The van der Waals surface area contributed by atoms with Crippen molar-refractivity contribution in [2.45, 2.75) is 5.51 Å². The number of hydroxylamine groups is 1. The van der Waals surface area contributed by atoms with E-state index in [4.69, 9.17) is 5.73 Å². The van der Waals surface area contributed by atoms with Crippen molar-refractivity contribution in [3.05, 3.63) is 0 Å². The Morgan fingerprint density at radius 1 is 1.54 bits per heavy atom. The van der Waals surface area contributed by atoms with Gasteiger partial charge in [-0.1, -0.05) is 0 Å². The fraction of sp³-hybridized carbons (Fsp3) is 0.667. The standard InChI is InChI=1S/C3H6F3N3O3S/c1-8-2(7)9-12-13(10,11)3(4,5)6/h1H3,(H3,7,8,9). The Kier molecular flexibility index (Phi) is 3.49. The van der Waals surface area contributed by atoms with E-state index in [1.165, 1.54) is 5.48 Å². The maximum Gasteiger partial charge on any atom is 0.525 e. The van der Waals surface area contributed by atoms with Crippen LogP contribution in [0.3, 0.4) is 0 Å². The molecule has 0 rings (SSSR count). The lowest BCUT2D eigenvalue weighted by Gasteiger charge is -2.07. The molecule has 0 aliphatic rings. The summed E-state index contributed by atoms with van der Waals surface area (Å²) in [6.45, 7) is 0. The van der Waals surface area contributed by atoms with E-state index in [1.54, 1.807) is 0 Å². The number of rotatable bonds is 2. The first-order valence-electron chi connectivity index (χ1n) is 2.68. The van der Waals surface area contributed by atoms with Gasteiger partial charge in [-0.25, -0.2) is 5.48 Å². The molecule has 0 radical (unpaired) electrons. The highest BCUT2D eigenvalue weighted by Gasteiger charge is 2.48. The summed E-state index contributed by atoms with van der Waals surface area (Å²) in [5.41, 5.74) is 0.612. The lowest BCUT2D eigenvalue weighted by molar-refractivity contribution is -0.0562. The fourth-order valence-corrected chi connectivity index (χ4v) is 0.480. The Balaban J connectivity index is 4.39. The number of nitrogens with zero attached hydrogens (tertiary/aromatic N) is 1. The Bertz CT molecular complexity index is 295. The van der Waals surface area contributed by atoms with Crippen molar-refractivity contribution in [3.8, 4) is 0 Å². The summed E-state index contributed by atoms with van der Waals surface area (Å²) in [6.07, 6.45) is 0. The third-order valence-electron chi connectivity index (χ3n) is 0.780. The zero-order valence-corrected chi connectivity index (χ0v) is 7.11. The van der Waals surface area contributed by atoms with Gasteiger partial charge in [-0.15, -0.1) is 4.28 Å². The molecular weight excluding hydrogens is 215 g/mol. The van der Waals surface area contributed by atoms with Crippen molar-refractivity contribution >= 4 is 16.1 Å². The number of hydrogen-bond donors (Lipinski definition) is 2. The molecular formula is C3H6F3N3O3S. The Labute approximate surface area is 71.7 Å². The fourth-order valence-electron chi connectivity index (χ4n) is 0.190. The molecule has 10 heteroatoms. The van der Waals surface area contributed by atoms with Crippen LogP contribution in [0.25, 0.3) is 0 Å². The van der Waals surface area contributed by atoms with Crippen LogP contribution in [0, 0.1) is 0 Å². The maximum atomic E-state index is 11.6. The lowest BCUT2D eigenvalue weighted by Crippen LogP contribution is -2.38. The zero-order chi connectivity index (χ0) is 10.7. The van der Waals surface area contributed by atoms with Crippen LogP contribution in [0.2, 0.25) is 0 Å². The molecule has 0 fully saturated rings. The number of guanidine groups is 1. The van der Waals surface area contributed by atoms with Gasteiger partial charge in [0.05, 0.1) is 0 Å². The molecule has 0 bridgehead atoms. The minimum absolute atomic E-state index is 0.590. The van der Waals surface area contributed by atoms with E-state index >= 15 is 0 Å². The normalized spacial score (nSPS) is 14.3. The zero-order valence-electron chi connectivity index (χ0n) is 6.29. The number of alkyl halides is 3. The monoisotopic (exact) mass is 221 g/mol. The van der Waals surface area contributed by atoms with E-state index in [0.717, 1.165) is 7.05 Å². The predicted octanol–water partition coefficient (Wildman–Crippen LogP) is -0.698. The van der Waals surface area contributed by atoms with Crippen molar-refractivity contribution < 1.29 is 25.9 Å². The summed E-state index contributed by atoms with van der Waals surface area (Å²) in [7, 11) is -4.54. The second-order valence-electron chi connectivity index (χ2n) is 1.69. The van der Waals surface area contributed by atoms with E-state index in [-0.39, 0.29) is 0 Å². The van der Waals surface area contributed by atoms with Crippen LogP contribution in [-0.2, 0) is 14.4 Å². The van der Waals surface area contributed by atoms with Crippen LogP contribution in [0.4, 0.5) is 13.2 Å². The average molecular weight is 221 g/mol. The Morgan fingerprint density at radius 2 is 2.00 bits per heavy atom. The average Bonchev–Trinajstić information content (AvgIpc) is 1.98. The molecule has 0 atom stereocenters. The smallest absolute Gasteiger partial charge is 0.368 e. The van der Waals surface area contributed by atoms with Gasteiger partial charge in [0.1, 0.15) is 0 Å². The molecule has 13 heavy (non-hydrogen) atoms. The molecule has 78 valence electrons. The summed E-state index contributed by atoms with van der Waals surface area (Å²) in [5.74, 6) is -0.590. The third kappa shape index (κ3) is 3.46. The van der Waals surface area contributed by atoms with Gasteiger partial charge < -0.3 is 5.73 Å². The highest BCUT2D eigenvalue weighted by atomic mass is 32.2. The highest BCUT2D eigenvalue weighted by molar-refractivity contribution is 7.87. The van der Waals surface area contributed by atoms with Crippen LogP contribution in [0.5, 0.6) is 0 Å². The van der Waals surface area contributed by atoms with Gasteiger partial charge in [-0.3, -0.25) is 4.99 Å². The van der Waals surface area contributed by atoms with Gasteiger partial charge >= 0.3 is 15.6 Å². The number of aliphatic imine (C=N–C) groups is 1. The number of nitrogens with two attached hydrogens (primary N) is 1. The second-order valence-corrected chi connectivity index (χ2v) is 3.23. The van der Waals surface area contributed by atoms with E-state index in [9.17, 15) is 21.6 Å². The summed E-state index contributed by atoms with van der Waals surface area (Å²) < 4.78 is 58.3. The predicted molar refractivity (Wildman–Crippen MR) is 36.7 cm³/mol. The van der Waals surface area contributed by atoms with Crippen molar-refractivity contribution in [2.24, 2.45) is 10.7 Å². The topological polar surface area (TPSA) is 93.8 Å². The van der Waals surface area contributed by atoms with Crippen molar-refractivity contribution in [2.75, 3.05) is 7.05 Å². The van der Waals surface area contributed by atoms with Gasteiger partial charge in [0, 0.05) is 7.05 Å². The summed E-state index contributed by atoms with van der Waals surface area (Å²) in [4.78, 5) is 3.10. The highest BCUT2D eigenvalue weighted by Crippen LogP contribution is 2.23. The largest absolute Gasteiger partial charge is 0.525 e. The molecule has 0 aliphatic heterocycles. The first kappa shape index (κ1) is 12.0. The molecule has 0 aliphatic carbocycles. The van der Waals surface area contributed by atoms with Crippen molar-refractivity contribution in [1.82, 2.24) is 5.48 Å². The molecule has 0 unspecified atom stereocenters. The maximum absolute atomic E-state index is 11.6. The van der Waals surface area contributed by atoms with Crippen LogP contribution in [-0.4, -0.2) is 26.9 Å².